The van der Waals surface area contributed by atoms with Gasteiger partial charge >= 0.3 is 0 Å². The molecular weight excluding hydrogens is 222 g/mol. The third kappa shape index (κ3) is 2.91. The van der Waals surface area contributed by atoms with Crippen LogP contribution in [0.4, 0.5) is 17.6 Å². The van der Waals surface area contributed by atoms with Crippen LogP contribution in [-0.2, 0) is 0 Å². The van der Waals surface area contributed by atoms with Gasteiger partial charge < -0.3 is 16.4 Å². The molecule has 2 heterocycles. The molecular formula is C10H17N5S. The van der Waals surface area contributed by atoms with Crippen LogP contribution < -0.4 is 16.4 Å². The zero-order chi connectivity index (χ0) is 11.4. The number of nitrogens with two attached hydrogens (primary N) is 1. The van der Waals surface area contributed by atoms with E-state index in [2.05, 4.69) is 20.6 Å². The third-order valence-corrected chi connectivity index (χ3v) is 3.83. The molecule has 1 aliphatic rings. The average Bonchev–Trinajstić information content (AvgIpc) is 2.78. The Morgan fingerprint density at radius 2 is 2.31 bits per heavy atom. The van der Waals surface area contributed by atoms with Crippen LogP contribution in [0.1, 0.15) is 6.42 Å². The van der Waals surface area contributed by atoms with Crippen molar-refractivity contribution in [1.29, 1.82) is 0 Å². The van der Waals surface area contributed by atoms with Crippen molar-refractivity contribution < 1.29 is 0 Å². The molecule has 0 aliphatic carbocycles. The summed E-state index contributed by atoms with van der Waals surface area (Å²) in [6.45, 7) is 0.965. The minimum absolute atomic E-state index is 0.301. The molecule has 4 N–H and O–H groups in total. The van der Waals surface area contributed by atoms with E-state index in [1.165, 1.54) is 17.9 Å². The first-order valence-electron chi connectivity index (χ1n) is 5.42. The molecule has 0 aromatic carbocycles. The summed E-state index contributed by atoms with van der Waals surface area (Å²) in [6.07, 6.45) is 1.29. The lowest BCUT2D eigenvalue weighted by atomic mass is 10.1. The van der Waals surface area contributed by atoms with Crippen LogP contribution in [0.3, 0.4) is 0 Å². The Labute approximate surface area is 99.6 Å². The van der Waals surface area contributed by atoms with Crippen LogP contribution in [0.25, 0.3) is 0 Å². The number of hydrogen-bond acceptors (Lipinski definition) is 6. The Bertz CT molecular complexity index is 351. The maximum Gasteiger partial charge on any atom is 0.223 e. The summed E-state index contributed by atoms with van der Waals surface area (Å²) < 4.78 is 0. The first-order valence-corrected chi connectivity index (χ1v) is 6.57. The summed E-state index contributed by atoms with van der Waals surface area (Å²) in [5.74, 6) is 5.12. The molecule has 1 unspecified atom stereocenters. The van der Waals surface area contributed by atoms with E-state index in [-0.39, 0.29) is 0 Å². The molecule has 88 valence electrons. The molecule has 0 radical (unpaired) electrons. The number of nitrogen functional groups attached to an aromatic ring is 1. The largest absolute Gasteiger partial charge is 0.373 e. The highest BCUT2D eigenvalue weighted by Crippen LogP contribution is 2.23. The van der Waals surface area contributed by atoms with Crippen molar-refractivity contribution in [1.82, 2.24) is 9.97 Å². The van der Waals surface area contributed by atoms with Gasteiger partial charge in [0.2, 0.25) is 5.95 Å². The van der Waals surface area contributed by atoms with E-state index in [4.69, 9.17) is 5.73 Å². The molecule has 16 heavy (non-hydrogen) atoms. The fraction of sp³-hybridized carbons (Fsp3) is 0.600. The number of rotatable bonds is 4. The number of nitrogens with zero attached hydrogens (tertiary/aromatic N) is 2. The molecule has 6 heteroatoms. The van der Waals surface area contributed by atoms with Crippen molar-refractivity contribution in [2.24, 2.45) is 5.92 Å². The van der Waals surface area contributed by atoms with Crippen molar-refractivity contribution >= 4 is 29.3 Å². The normalized spacial score (nSPS) is 19.7. The van der Waals surface area contributed by atoms with Gasteiger partial charge in [0.1, 0.15) is 11.6 Å². The van der Waals surface area contributed by atoms with Crippen molar-refractivity contribution in [2.75, 3.05) is 41.5 Å². The Morgan fingerprint density at radius 3 is 3.00 bits per heavy atom. The molecule has 5 nitrogen and oxygen atoms in total. The Hall–Kier alpha value is -1.17. The van der Waals surface area contributed by atoms with Crippen molar-refractivity contribution in [3.8, 4) is 0 Å². The van der Waals surface area contributed by atoms with E-state index in [9.17, 15) is 0 Å². The van der Waals surface area contributed by atoms with Gasteiger partial charge in [-0.2, -0.15) is 21.7 Å². The smallest absolute Gasteiger partial charge is 0.223 e. The fourth-order valence-electron chi connectivity index (χ4n) is 1.68. The van der Waals surface area contributed by atoms with Crippen LogP contribution in [0.15, 0.2) is 6.07 Å². The molecule has 0 saturated carbocycles. The summed E-state index contributed by atoms with van der Waals surface area (Å²) in [6, 6.07) is 1.87. The fourth-order valence-corrected chi connectivity index (χ4v) is 2.96. The number of hydrogen-bond donors (Lipinski definition) is 3. The van der Waals surface area contributed by atoms with Gasteiger partial charge in [0.05, 0.1) is 0 Å². The van der Waals surface area contributed by atoms with Crippen LogP contribution in [0, 0.1) is 5.92 Å². The molecule has 1 aliphatic heterocycles. The molecule has 1 atom stereocenters. The number of aromatic nitrogens is 2. The van der Waals surface area contributed by atoms with Gasteiger partial charge in [0.25, 0.3) is 0 Å². The quantitative estimate of drug-likeness (QED) is 0.734. The third-order valence-electron chi connectivity index (χ3n) is 2.60. The standard InChI is InChI=1S/C10H17N5S/c1-12-8-4-9(15-10(11)14-8)13-5-7-2-3-16-6-7/h4,7H,2-3,5-6H2,1H3,(H4,11,12,13,14,15). The van der Waals surface area contributed by atoms with Gasteiger partial charge in [-0.15, -0.1) is 0 Å². The van der Waals surface area contributed by atoms with Gasteiger partial charge in [-0.25, -0.2) is 0 Å². The van der Waals surface area contributed by atoms with Gasteiger partial charge in [-0.05, 0) is 23.8 Å². The van der Waals surface area contributed by atoms with Gasteiger partial charge in [0, 0.05) is 19.7 Å². The van der Waals surface area contributed by atoms with Crippen LogP contribution in [0.5, 0.6) is 0 Å². The molecule has 1 saturated heterocycles. The zero-order valence-electron chi connectivity index (χ0n) is 9.36. The molecule has 1 fully saturated rings. The van der Waals surface area contributed by atoms with Crippen molar-refractivity contribution in [2.45, 2.75) is 6.42 Å². The summed E-state index contributed by atoms with van der Waals surface area (Å²) in [5, 5.41) is 6.28. The second-order valence-corrected chi connectivity index (χ2v) is 5.01. The average molecular weight is 239 g/mol. The van der Waals surface area contributed by atoms with Crippen molar-refractivity contribution in [3.05, 3.63) is 6.07 Å². The van der Waals surface area contributed by atoms with E-state index < -0.39 is 0 Å². The van der Waals surface area contributed by atoms with Crippen LogP contribution >= 0.6 is 11.8 Å². The highest BCUT2D eigenvalue weighted by molar-refractivity contribution is 7.99. The molecule has 0 bridgehead atoms. The second-order valence-electron chi connectivity index (χ2n) is 3.86. The Morgan fingerprint density at radius 1 is 1.50 bits per heavy atom. The summed E-state index contributed by atoms with van der Waals surface area (Å²) in [4.78, 5) is 8.20. The highest BCUT2D eigenvalue weighted by Gasteiger charge is 2.15. The minimum Gasteiger partial charge on any atom is -0.373 e. The van der Waals surface area contributed by atoms with E-state index in [1.54, 1.807) is 0 Å². The molecule has 1 aromatic heterocycles. The lowest BCUT2D eigenvalue weighted by Crippen LogP contribution is -2.15. The molecule has 2 rings (SSSR count). The predicted molar refractivity (Wildman–Crippen MR) is 69.9 cm³/mol. The number of anilines is 3. The van der Waals surface area contributed by atoms with Crippen molar-refractivity contribution in [3.63, 3.8) is 0 Å². The first-order chi connectivity index (χ1) is 7.78. The number of thioether (sulfide) groups is 1. The van der Waals surface area contributed by atoms with Gasteiger partial charge in [0.15, 0.2) is 0 Å². The number of nitrogens with one attached hydrogen (secondary N) is 2. The van der Waals surface area contributed by atoms with Gasteiger partial charge in [-0.3, -0.25) is 0 Å². The minimum atomic E-state index is 0.301. The topological polar surface area (TPSA) is 75.9 Å². The molecule has 0 spiro atoms. The van der Waals surface area contributed by atoms with E-state index in [1.807, 2.05) is 24.9 Å². The van der Waals surface area contributed by atoms with Crippen LogP contribution in [-0.4, -0.2) is 35.1 Å². The maximum atomic E-state index is 5.61. The van der Waals surface area contributed by atoms with Crippen LogP contribution in [0.2, 0.25) is 0 Å². The summed E-state index contributed by atoms with van der Waals surface area (Å²) in [5.41, 5.74) is 5.61. The Kier molecular flexibility index (Phi) is 3.71. The van der Waals surface area contributed by atoms with Gasteiger partial charge in [-0.1, -0.05) is 0 Å². The summed E-state index contributed by atoms with van der Waals surface area (Å²) in [7, 11) is 1.82. The second kappa shape index (κ2) is 5.25. The summed E-state index contributed by atoms with van der Waals surface area (Å²) >= 11 is 2.02. The monoisotopic (exact) mass is 239 g/mol. The molecule has 1 aromatic rings. The predicted octanol–water partition coefficient (Wildman–Crippen LogP) is 1.27. The van der Waals surface area contributed by atoms with E-state index in [0.29, 0.717) is 5.95 Å². The molecule has 0 amide bonds. The lowest BCUT2D eigenvalue weighted by molar-refractivity contribution is 0.630. The lowest BCUT2D eigenvalue weighted by Gasteiger charge is -2.11. The SMILES string of the molecule is CNc1cc(NCC2CCSC2)nc(N)n1. The highest BCUT2D eigenvalue weighted by atomic mass is 32.2. The van der Waals surface area contributed by atoms with E-state index in [0.717, 1.165) is 24.1 Å². The first kappa shape index (κ1) is 11.3. The zero-order valence-corrected chi connectivity index (χ0v) is 10.2. The maximum absolute atomic E-state index is 5.61. The Balaban J connectivity index is 1.94. The van der Waals surface area contributed by atoms with E-state index >= 15 is 0 Å².